The predicted octanol–water partition coefficient (Wildman–Crippen LogP) is 8.14. The standard InChI is InChI=1S/C30H25N3/c1-30(2,3)26-14-10-20-9-13-25-27(15-11-21-8-12-24(26)28(20)29(21)25)33(22-6-4-16-31-18-22)23-7-5-17-32-19-23/h4-19H,1-3H3. The van der Waals surface area contributed by atoms with Gasteiger partial charge in [0.1, 0.15) is 0 Å². The van der Waals surface area contributed by atoms with E-state index in [4.69, 9.17) is 0 Å². The van der Waals surface area contributed by atoms with E-state index in [1.165, 1.54) is 37.9 Å². The Morgan fingerprint density at radius 2 is 1.15 bits per heavy atom. The van der Waals surface area contributed by atoms with Crippen LogP contribution in [0.5, 0.6) is 0 Å². The molecule has 6 aromatic rings. The summed E-state index contributed by atoms with van der Waals surface area (Å²) in [5, 5.41) is 7.76. The van der Waals surface area contributed by atoms with E-state index in [0.717, 1.165) is 17.1 Å². The average Bonchev–Trinajstić information content (AvgIpc) is 2.84. The van der Waals surface area contributed by atoms with Crippen LogP contribution in [0.25, 0.3) is 32.3 Å². The molecule has 0 aliphatic heterocycles. The smallest absolute Gasteiger partial charge is 0.0645 e. The molecule has 0 amide bonds. The van der Waals surface area contributed by atoms with Crippen LogP contribution in [0.4, 0.5) is 17.1 Å². The Bertz CT molecular complexity index is 1540. The minimum atomic E-state index is 0.0720. The van der Waals surface area contributed by atoms with Crippen LogP contribution in [-0.4, -0.2) is 9.97 Å². The Morgan fingerprint density at radius 3 is 1.73 bits per heavy atom. The van der Waals surface area contributed by atoms with Gasteiger partial charge in [0.15, 0.2) is 0 Å². The van der Waals surface area contributed by atoms with Crippen molar-refractivity contribution in [3.8, 4) is 0 Å². The second-order valence-corrected chi connectivity index (χ2v) is 9.63. The lowest BCUT2D eigenvalue weighted by Gasteiger charge is -2.27. The van der Waals surface area contributed by atoms with Crippen molar-refractivity contribution in [1.29, 1.82) is 0 Å². The van der Waals surface area contributed by atoms with Gasteiger partial charge in [-0.05, 0) is 68.2 Å². The van der Waals surface area contributed by atoms with Gasteiger partial charge < -0.3 is 4.90 Å². The fraction of sp³-hybridized carbons (Fsp3) is 0.133. The maximum absolute atomic E-state index is 4.39. The van der Waals surface area contributed by atoms with Crippen molar-refractivity contribution >= 4 is 49.4 Å². The van der Waals surface area contributed by atoms with Gasteiger partial charge in [0.25, 0.3) is 0 Å². The summed E-state index contributed by atoms with van der Waals surface area (Å²) in [6, 6.07) is 26.2. The highest BCUT2D eigenvalue weighted by molar-refractivity contribution is 6.26. The van der Waals surface area contributed by atoms with E-state index in [1.807, 2.05) is 36.9 Å². The van der Waals surface area contributed by atoms with E-state index in [2.05, 4.69) is 96.3 Å². The van der Waals surface area contributed by atoms with Crippen molar-refractivity contribution in [3.63, 3.8) is 0 Å². The third-order valence-electron chi connectivity index (χ3n) is 6.50. The highest BCUT2D eigenvalue weighted by Crippen LogP contribution is 2.44. The lowest BCUT2D eigenvalue weighted by Crippen LogP contribution is -2.12. The van der Waals surface area contributed by atoms with E-state index in [0.29, 0.717) is 0 Å². The molecule has 0 unspecified atom stereocenters. The van der Waals surface area contributed by atoms with Gasteiger partial charge in [0.2, 0.25) is 0 Å². The van der Waals surface area contributed by atoms with E-state index in [1.54, 1.807) is 0 Å². The van der Waals surface area contributed by atoms with Crippen LogP contribution in [-0.2, 0) is 5.41 Å². The highest BCUT2D eigenvalue weighted by Gasteiger charge is 2.22. The molecule has 0 fully saturated rings. The predicted molar refractivity (Wildman–Crippen MR) is 139 cm³/mol. The molecule has 33 heavy (non-hydrogen) atoms. The first kappa shape index (κ1) is 19.7. The quantitative estimate of drug-likeness (QED) is 0.267. The molecule has 4 aromatic carbocycles. The fourth-order valence-corrected chi connectivity index (χ4v) is 5.03. The van der Waals surface area contributed by atoms with Crippen molar-refractivity contribution in [2.45, 2.75) is 26.2 Å². The first-order valence-electron chi connectivity index (χ1n) is 11.3. The maximum atomic E-state index is 4.39. The number of anilines is 3. The Balaban J connectivity index is 1.72. The molecule has 6 rings (SSSR count). The number of aromatic nitrogens is 2. The molecule has 2 heterocycles. The third kappa shape index (κ3) is 3.12. The summed E-state index contributed by atoms with van der Waals surface area (Å²) < 4.78 is 0. The zero-order valence-corrected chi connectivity index (χ0v) is 19.1. The summed E-state index contributed by atoms with van der Waals surface area (Å²) in [4.78, 5) is 11.0. The largest absolute Gasteiger partial charge is 0.307 e. The molecule has 3 heteroatoms. The van der Waals surface area contributed by atoms with E-state index in [9.17, 15) is 0 Å². The van der Waals surface area contributed by atoms with Crippen molar-refractivity contribution in [2.24, 2.45) is 0 Å². The number of hydrogen-bond donors (Lipinski definition) is 0. The van der Waals surface area contributed by atoms with Crippen molar-refractivity contribution in [3.05, 3.63) is 103 Å². The van der Waals surface area contributed by atoms with Crippen LogP contribution in [0.3, 0.4) is 0 Å². The molecule has 0 saturated carbocycles. The zero-order chi connectivity index (χ0) is 22.6. The van der Waals surface area contributed by atoms with Gasteiger partial charge in [-0.25, -0.2) is 0 Å². The summed E-state index contributed by atoms with van der Waals surface area (Å²) in [5.74, 6) is 0. The normalized spacial score (nSPS) is 12.1. The van der Waals surface area contributed by atoms with Crippen LogP contribution in [0, 0.1) is 0 Å². The molecule has 0 saturated heterocycles. The van der Waals surface area contributed by atoms with Gasteiger partial charge in [-0.2, -0.15) is 0 Å². The number of rotatable bonds is 3. The van der Waals surface area contributed by atoms with Gasteiger partial charge in [-0.1, -0.05) is 63.2 Å². The molecule has 0 spiro atoms. The molecule has 0 aliphatic carbocycles. The van der Waals surface area contributed by atoms with Crippen molar-refractivity contribution < 1.29 is 0 Å². The van der Waals surface area contributed by atoms with Crippen LogP contribution >= 0.6 is 0 Å². The maximum Gasteiger partial charge on any atom is 0.0645 e. The summed E-state index contributed by atoms with van der Waals surface area (Å²) in [6.45, 7) is 6.87. The summed E-state index contributed by atoms with van der Waals surface area (Å²) in [6.07, 6.45) is 7.43. The molecule has 0 radical (unpaired) electrons. The Hall–Kier alpha value is -3.98. The second-order valence-electron chi connectivity index (χ2n) is 9.63. The van der Waals surface area contributed by atoms with Gasteiger partial charge in [-0.15, -0.1) is 0 Å². The monoisotopic (exact) mass is 427 g/mol. The number of pyridine rings is 2. The summed E-state index contributed by atoms with van der Waals surface area (Å²) in [7, 11) is 0. The minimum Gasteiger partial charge on any atom is -0.307 e. The van der Waals surface area contributed by atoms with Crippen LogP contribution in [0.2, 0.25) is 0 Å². The van der Waals surface area contributed by atoms with Crippen LogP contribution < -0.4 is 4.90 Å². The van der Waals surface area contributed by atoms with Gasteiger partial charge in [0, 0.05) is 17.8 Å². The first-order valence-corrected chi connectivity index (χ1v) is 11.3. The molecule has 0 atom stereocenters. The Kier molecular flexibility index (Phi) is 4.34. The lowest BCUT2D eigenvalue weighted by atomic mass is 9.81. The molecule has 0 aliphatic rings. The number of benzene rings is 4. The van der Waals surface area contributed by atoms with Crippen LogP contribution in [0.1, 0.15) is 26.3 Å². The Labute approximate surface area is 193 Å². The van der Waals surface area contributed by atoms with Gasteiger partial charge in [0.05, 0.1) is 29.5 Å². The molecular formula is C30H25N3. The number of hydrogen-bond acceptors (Lipinski definition) is 3. The summed E-state index contributed by atoms with van der Waals surface area (Å²) >= 11 is 0. The second kappa shape index (κ2) is 7.28. The van der Waals surface area contributed by atoms with Crippen molar-refractivity contribution in [1.82, 2.24) is 9.97 Å². The third-order valence-corrected chi connectivity index (χ3v) is 6.50. The first-order chi connectivity index (χ1) is 16.0. The molecule has 0 bridgehead atoms. The van der Waals surface area contributed by atoms with Crippen LogP contribution in [0.15, 0.2) is 97.6 Å². The highest BCUT2D eigenvalue weighted by atomic mass is 15.2. The van der Waals surface area contributed by atoms with E-state index >= 15 is 0 Å². The zero-order valence-electron chi connectivity index (χ0n) is 19.1. The fourth-order valence-electron chi connectivity index (χ4n) is 5.03. The topological polar surface area (TPSA) is 29.0 Å². The lowest BCUT2D eigenvalue weighted by molar-refractivity contribution is 0.596. The summed E-state index contributed by atoms with van der Waals surface area (Å²) in [5.41, 5.74) is 4.60. The van der Waals surface area contributed by atoms with Gasteiger partial charge >= 0.3 is 0 Å². The molecular weight excluding hydrogens is 402 g/mol. The van der Waals surface area contributed by atoms with Gasteiger partial charge in [-0.3, -0.25) is 9.97 Å². The van der Waals surface area contributed by atoms with E-state index in [-0.39, 0.29) is 5.41 Å². The molecule has 0 N–H and O–H groups in total. The number of nitrogens with zero attached hydrogens (tertiary/aromatic N) is 3. The van der Waals surface area contributed by atoms with Crippen molar-refractivity contribution in [2.75, 3.05) is 4.90 Å². The molecule has 3 nitrogen and oxygen atoms in total. The SMILES string of the molecule is CC(C)(C)c1ccc2ccc3c(N(c4cccnc4)c4cccnc4)ccc4ccc1c2c43. The molecule has 160 valence electrons. The Morgan fingerprint density at radius 1 is 0.606 bits per heavy atom. The molecule has 2 aromatic heterocycles. The van der Waals surface area contributed by atoms with E-state index < -0.39 is 0 Å². The minimum absolute atomic E-state index is 0.0720. The average molecular weight is 428 g/mol.